The van der Waals surface area contributed by atoms with Crippen molar-refractivity contribution in [2.45, 2.75) is 26.3 Å². The van der Waals surface area contributed by atoms with Crippen LogP contribution in [0.1, 0.15) is 13.8 Å². The van der Waals surface area contributed by atoms with E-state index in [1.54, 1.807) is 0 Å². The summed E-state index contributed by atoms with van der Waals surface area (Å²) in [5.74, 6) is 0.303. The number of alkyl halides is 3. The summed E-state index contributed by atoms with van der Waals surface area (Å²) in [6, 6.07) is 12.6. The number of ether oxygens (including phenoxy) is 2. The molecule has 6 nitrogen and oxygen atoms in total. The van der Waals surface area contributed by atoms with Crippen LogP contribution in [0.15, 0.2) is 48.5 Å². The molecule has 0 aromatic heterocycles. The maximum Gasteiger partial charge on any atom is 0.573 e. The lowest BCUT2D eigenvalue weighted by molar-refractivity contribution is -0.274. The first kappa shape index (κ1) is 22.7. The van der Waals surface area contributed by atoms with Gasteiger partial charge in [0.25, 0.3) is 0 Å². The minimum Gasteiger partial charge on any atom is -0.492 e. The highest BCUT2D eigenvalue weighted by Crippen LogP contribution is 2.29. The smallest absolute Gasteiger partial charge is 0.492 e. The molecular weight excluding hydrogens is 411 g/mol. The molecule has 1 aliphatic rings. The largest absolute Gasteiger partial charge is 0.573 e. The summed E-state index contributed by atoms with van der Waals surface area (Å²) < 4.78 is 46.3. The van der Waals surface area contributed by atoms with Gasteiger partial charge in [-0.05, 0) is 50.2 Å². The van der Waals surface area contributed by atoms with Gasteiger partial charge >= 0.3 is 6.36 Å². The van der Waals surface area contributed by atoms with Crippen molar-refractivity contribution >= 4 is 17.3 Å². The number of benzene rings is 2. The zero-order valence-electron chi connectivity index (χ0n) is 17.5. The van der Waals surface area contributed by atoms with Crippen molar-refractivity contribution in [2.75, 3.05) is 43.0 Å². The van der Waals surface area contributed by atoms with Crippen molar-refractivity contribution in [3.63, 3.8) is 0 Å². The lowest BCUT2D eigenvalue weighted by Gasteiger charge is -2.39. The third-order valence-electron chi connectivity index (χ3n) is 5.10. The van der Waals surface area contributed by atoms with Gasteiger partial charge < -0.3 is 19.7 Å². The molecule has 2 aromatic carbocycles. The summed E-state index contributed by atoms with van der Waals surface area (Å²) in [6.07, 6.45) is -4.75. The van der Waals surface area contributed by atoms with E-state index >= 15 is 0 Å². The first-order valence-corrected chi connectivity index (χ1v) is 10.1. The van der Waals surface area contributed by atoms with Gasteiger partial charge in [-0.15, -0.1) is 13.2 Å². The van der Waals surface area contributed by atoms with Gasteiger partial charge in [-0.2, -0.15) is 0 Å². The van der Waals surface area contributed by atoms with Crippen LogP contribution in [-0.2, 0) is 4.79 Å². The Kier molecular flexibility index (Phi) is 7.27. The Labute approximate surface area is 179 Å². The second-order valence-corrected chi connectivity index (χ2v) is 7.16. The molecule has 168 valence electrons. The van der Waals surface area contributed by atoms with Gasteiger partial charge in [0, 0.05) is 31.9 Å². The topological polar surface area (TPSA) is 54.0 Å². The number of rotatable bonds is 7. The van der Waals surface area contributed by atoms with Crippen LogP contribution in [0.5, 0.6) is 11.5 Å². The van der Waals surface area contributed by atoms with Crippen molar-refractivity contribution in [1.29, 1.82) is 0 Å². The number of para-hydroxylation sites is 2. The first-order valence-electron chi connectivity index (χ1n) is 10.1. The SMILES string of the molecule is CCOc1ccccc1N1CCN(C(C)C(=O)Nc2ccc(OC(F)(F)F)cc2)CC1. The zero-order chi connectivity index (χ0) is 22.4. The number of piperazine rings is 1. The van der Waals surface area contributed by atoms with Crippen LogP contribution in [0.4, 0.5) is 24.5 Å². The predicted octanol–water partition coefficient (Wildman–Crippen LogP) is 4.13. The summed E-state index contributed by atoms with van der Waals surface area (Å²) >= 11 is 0. The molecule has 31 heavy (non-hydrogen) atoms. The summed E-state index contributed by atoms with van der Waals surface area (Å²) in [5.41, 5.74) is 1.46. The van der Waals surface area contributed by atoms with E-state index in [2.05, 4.69) is 19.9 Å². The van der Waals surface area contributed by atoms with Crippen LogP contribution in [0.2, 0.25) is 0 Å². The number of carbonyl (C=O) groups is 1. The molecule has 1 amide bonds. The maximum absolute atomic E-state index is 12.6. The van der Waals surface area contributed by atoms with Crippen molar-refractivity contribution in [3.05, 3.63) is 48.5 Å². The van der Waals surface area contributed by atoms with Crippen LogP contribution >= 0.6 is 0 Å². The van der Waals surface area contributed by atoms with E-state index in [1.165, 1.54) is 24.3 Å². The second kappa shape index (κ2) is 9.91. The lowest BCUT2D eigenvalue weighted by Crippen LogP contribution is -2.52. The summed E-state index contributed by atoms with van der Waals surface area (Å²) in [4.78, 5) is 16.9. The van der Waals surface area contributed by atoms with Crippen LogP contribution in [-0.4, -0.2) is 56.0 Å². The van der Waals surface area contributed by atoms with Gasteiger partial charge in [-0.25, -0.2) is 0 Å². The molecule has 0 radical (unpaired) electrons. The van der Waals surface area contributed by atoms with Gasteiger partial charge in [0.2, 0.25) is 5.91 Å². The van der Waals surface area contributed by atoms with Crippen molar-refractivity contribution in [1.82, 2.24) is 4.90 Å². The monoisotopic (exact) mass is 437 g/mol. The summed E-state index contributed by atoms with van der Waals surface area (Å²) in [5, 5.41) is 2.75. The Morgan fingerprint density at radius 1 is 1.06 bits per heavy atom. The van der Waals surface area contributed by atoms with Gasteiger partial charge in [-0.1, -0.05) is 12.1 Å². The minimum absolute atomic E-state index is 0.215. The fraction of sp³-hybridized carbons (Fsp3) is 0.409. The van der Waals surface area contributed by atoms with Crippen molar-refractivity contribution in [2.24, 2.45) is 0 Å². The number of carbonyl (C=O) groups excluding carboxylic acids is 1. The van der Waals surface area contributed by atoms with Crippen LogP contribution in [0, 0.1) is 0 Å². The molecular formula is C22H26F3N3O3. The van der Waals surface area contributed by atoms with Crippen LogP contribution in [0.25, 0.3) is 0 Å². The Hall–Kier alpha value is -2.94. The van der Waals surface area contributed by atoms with E-state index in [0.29, 0.717) is 25.4 Å². The fourth-order valence-electron chi connectivity index (χ4n) is 3.50. The standard InChI is InChI=1S/C22H26F3N3O3/c1-3-30-20-7-5-4-6-19(20)28-14-12-27(13-15-28)16(2)21(29)26-17-8-10-18(11-9-17)31-22(23,24)25/h4-11,16H,3,12-15H2,1-2H3,(H,26,29). The van der Waals surface area contributed by atoms with E-state index in [9.17, 15) is 18.0 Å². The average Bonchev–Trinajstić information content (AvgIpc) is 2.74. The normalized spacial score (nSPS) is 16.0. The van der Waals surface area contributed by atoms with Crippen molar-refractivity contribution < 1.29 is 27.4 Å². The Bertz CT molecular complexity index is 866. The number of anilines is 2. The highest BCUT2D eigenvalue weighted by atomic mass is 19.4. The molecule has 1 aliphatic heterocycles. The quantitative estimate of drug-likeness (QED) is 0.706. The van der Waals surface area contributed by atoms with Crippen LogP contribution in [0.3, 0.4) is 0 Å². The number of hydrogen-bond donors (Lipinski definition) is 1. The number of halogens is 3. The highest BCUT2D eigenvalue weighted by Gasteiger charge is 2.31. The Morgan fingerprint density at radius 3 is 2.32 bits per heavy atom. The second-order valence-electron chi connectivity index (χ2n) is 7.16. The molecule has 1 atom stereocenters. The third kappa shape index (κ3) is 6.27. The Morgan fingerprint density at radius 2 is 1.71 bits per heavy atom. The number of nitrogens with one attached hydrogen (secondary N) is 1. The minimum atomic E-state index is -4.75. The van der Waals surface area contributed by atoms with Gasteiger partial charge in [-0.3, -0.25) is 9.69 Å². The van der Waals surface area contributed by atoms with E-state index in [-0.39, 0.29) is 17.7 Å². The van der Waals surface area contributed by atoms with Gasteiger partial charge in [0.15, 0.2) is 0 Å². The molecule has 1 saturated heterocycles. The predicted molar refractivity (Wildman–Crippen MR) is 113 cm³/mol. The fourth-order valence-corrected chi connectivity index (χ4v) is 3.50. The number of amides is 1. The van der Waals surface area contributed by atoms with E-state index in [4.69, 9.17) is 4.74 Å². The summed E-state index contributed by atoms with van der Waals surface area (Å²) in [6.45, 7) is 7.28. The average molecular weight is 437 g/mol. The molecule has 1 N–H and O–H groups in total. The van der Waals surface area contributed by atoms with Gasteiger partial charge in [0.1, 0.15) is 11.5 Å². The molecule has 3 rings (SSSR count). The van der Waals surface area contributed by atoms with E-state index < -0.39 is 6.36 Å². The number of nitrogens with zero attached hydrogens (tertiary/aromatic N) is 2. The maximum atomic E-state index is 12.6. The zero-order valence-corrected chi connectivity index (χ0v) is 17.5. The molecule has 0 aliphatic carbocycles. The van der Waals surface area contributed by atoms with E-state index in [0.717, 1.165) is 24.5 Å². The Balaban J connectivity index is 1.53. The molecule has 2 aromatic rings. The first-order chi connectivity index (χ1) is 14.8. The molecule has 1 fully saturated rings. The molecule has 9 heteroatoms. The lowest BCUT2D eigenvalue weighted by atomic mass is 10.2. The molecule has 1 heterocycles. The van der Waals surface area contributed by atoms with Gasteiger partial charge in [0.05, 0.1) is 18.3 Å². The van der Waals surface area contributed by atoms with E-state index in [1.807, 2.05) is 38.1 Å². The van der Waals surface area contributed by atoms with Crippen molar-refractivity contribution in [3.8, 4) is 11.5 Å². The highest BCUT2D eigenvalue weighted by molar-refractivity contribution is 5.94. The molecule has 0 spiro atoms. The van der Waals surface area contributed by atoms with Crippen LogP contribution < -0.4 is 19.7 Å². The third-order valence-corrected chi connectivity index (χ3v) is 5.10. The number of hydrogen-bond acceptors (Lipinski definition) is 5. The molecule has 0 bridgehead atoms. The molecule has 0 saturated carbocycles. The molecule has 1 unspecified atom stereocenters. The summed E-state index contributed by atoms with van der Waals surface area (Å²) in [7, 11) is 0.